The summed E-state index contributed by atoms with van der Waals surface area (Å²) in [6.07, 6.45) is 8.07. The molecule has 0 spiro atoms. The summed E-state index contributed by atoms with van der Waals surface area (Å²) in [5, 5.41) is 13.0. The second-order valence-electron chi connectivity index (χ2n) is 5.24. The number of hydrogen-bond acceptors (Lipinski definition) is 2. The van der Waals surface area contributed by atoms with Crippen molar-refractivity contribution in [2.45, 2.75) is 77.5 Å². The highest BCUT2D eigenvalue weighted by molar-refractivity contribution is 4.79. The summed E-state index contributed by atoms with van der Waals surface area (Å²) in [5.74, 6) is 0.814. The van der Waals surface area contributed by atoms with Crippen LogP contribution in [0.1, 0.15) is 59.3 Å². The number of hydrogen-bond donors (Lipinski definition) is 2. The van der Waals surface area contributed by atoms with Gasteiger partial charge >= 0.3 is 0 Å². The monoisotopic (exact) mass is 213 g/mol. The van der Waals surface area contributed by atoms with E-state index in [1.54, 1.807) is 0 Å². The molecule has 0 bridgehead atoms. The van der Waals surface area contributed by atoms with Gasteiger partial charge in [0.25, 0.3) is 0 Å². The second-order valence-corrected chi connectivity index (χ2v) is 5.24. The van der Waals surface area contributed by atoms with Gasteiger partial charge in [-0.25, -0.2) is 0 Å². The normalized spacial score (nSPS) is 25.6. The number of aliphatic hydroxyl groups excluding tert-OH is 1. The first-order valence-corrected chi connectivity index (χ1v) is 6.55. The molecule has 2 N–H and O–H groups in total. The molecule has 2 nitrogen and oxygen atoms in total. The zero-order valence-corrected chi connectivity index (χ0v) is 10.5. The van der Waals surface area contributed by atoms with Crippen LogP contribution in [0, 0.1) is 5.92 Å². The molecule has 0 aromatic heterocycles. The lowest BCUT2D eigenvalue weighted by molar-refractivity contribution is 0.138. The van der Waals surface area contributed by atoms with Crippen LogP contribution < -0.4 is 5.32 Å². The minimum Gasteiger partial charge on any atom is -0.392 e. The van der Waals surface area contributed by atoms with E-state index in [0.29, 0.717) is 6.04 Å². The maximum Gasteiger partial charge on any atom is 0.0662 e. The Bertz CT molecular complexity index is 162. The molecule has 3 atom stereocenters. The van der Waals surface area contributed by atoms with Gasteiger partial charge in [-0.2, -0.15) is 0 Å². The summed E-state index contributed by atoms with van der Waals surface area (Å²) in [6, 6.07) is 0.760. The quantitative estimate of drug-likeness (QED) is 0.704. The second kappa shape index (κ2) is 6.49. The zero-order valence-electron chi connectivity index (χ0n) is 10.5. The van der Waals surface area contributed by atoms with Crippen LogP contribution in [0.15, 0.2) is 0 Å². The molecule has 90 valence electrons. The zero-order chi connectivity index (χ0) is 11.3. The van der Waals surface area contributed by atoms with E-state index in [-0.39, 0.29) is 12.1 Å². The van der Waals surface area contributed by atoms with E-state index in [1.165, 1.54) is 38.5 Å². The Morgan fingerprint density at radius 1 is 1.00 bits per heavy atom. The molecule has 1 aliphatic rings. The van der Waals surface area contributed by atoms with Gasteiger partial charge in [-0.3, -0.25) is 0 Å². The van der Waals surface area contributed by atoms with Gasteiger partial charge in [-0.05, 0) is 39.5 Å². The van der Waals surface area contributed by atoms with E-state index in [2.05, 4.69) is 19.2 Å². The van der Waals surface area contributed by atoms with Crippen molar-refractivity contribution in [2.24, 2.45) is 5.92 Å². The van der Waals surface area contributed by atoms with E-state index in [9.17, 15) is 5.11 Å². The van der Waals surface area contributed by atoms with Gasteiger partial charge in [0.15, 0.2) is 0 Å². The standard InChI is InChI=1S/C13H27NO/c1-10(12(3)15)14-11(2)13-8-6-4-5-7-9-13/h10-15H,4-9H2,1-3H3/t10?,11-,12?/m1/s1. The summed E-state index contributed by atoms with van der Waals surface area (Å²) in [4.78, 5) is 0. The Morgan fingerprint density at radius 2 is 1.53 bits per heavy atom. The lowest BCUT2D eigenvalue weighted by Crippen LogP contribution is -2.44. The Hall–Kier alpha value is -0.0800. The largest absolute Gasteiger partial charge is 0.392 e. The van der Waals surface area contributed by atoms with Gasteiger partial charge in [-0.1, -0.05) is 25.7 Å². The molecule has 1 fully saturated rings. The molecule has 2 heteroatoms. The van der Waals surface area contributed by atoms with Gasteiger partial charge in [-0.15, -0.1) is 0 Å². The average molecular weight is 213 g/mol. The summed E-state index contributed by atoms with van der Waals surface area (Å²) in [7, 11) is 0. The predicted octanol–water partition coefficient (Wildman–Crippen LogP) is 2.70. The van der Waals surface area contributed by atoms with Crippen molar-refractivity contribution in [2.75, 3.05) is 0 Å². The minimum absolute atomic E-state index is 0.211. The van der Waals surface area contributed by atoms with E-state index in [4.69, 9.17) is 0 Å². The smallest absolute Gasteiger partial charge is 0.0662 e. The van der Waals surface area contributed by atoms with Crippen LogP contribution in [0.5, 0.6) is 0 Å². The van der Waals surface area contributed by atoms with Crippen LogP contribution in [0.3, 0.4) is 0 Å². The molecule has 15 heavy (non-hydrogen) atoms. The molecule has 0 saturated heterocycles. The first-order valence-electron chi connectivity index (χ1n) is 6.55. The predicted molar refractivity (Wildman–Crippen MR) is 64.9 cm³/mol. The number of rotatable bonds is 4. The van der Waals surface area contributed by atoms with Crippen LogP contribution in [0.4, 0.5) is 0 Å². The molecular weight excluding hydrogens is 186 g/mol. The molecule has 1 aliphatic carbocycles. The lowest BCUT2D eigenvalue weighted by Gasteiger charge is -2.28. The summed E-state index contributed by atoms with van der Waals surface area (Å²) in [5.41, 5.74) is 0. The molecule has 0 aromatic carbocycles. The van der Waals surface area contributed by atoms with Gasteiger partial charge in [0.2, 0.25) is 0 Å². The van der Waals surface area contributed by atoms with Gasteiger partial charge < -0.3 is 10.4 Å². The third-order valence-electron chi connectivity index (χ3n) is 3.86. The Morgan fingerprint density at radius 3 is 2.00 bits per heavy atom. The molecule has 2 unspecified atom stereocenters. The van der Waals surface area contributed by atoms with Crippen molar-refractivity contribution in [3.8, 4) is 0 Å². The lowest BCUT2D eigenvalue weighted by atomic mass is 9.92. The van der Waals surface area contributed by atoms with Crippen molar-refractivity contribution < 1.29 is 5.11 Å². The van der Waals surface area contributed by atoms with Crippen LogP contribution >= 0.6 is 0 Å². The highest BCUT2D eigenvalue weighted by Crippen LogP contribution is 2.25. The number of aliphatic hydroxyl groups is 1. The third kappa shape index (κ3) is 4.52. The van der Waals surface area contributed by atoms with E-state index in [1.807, 2.05) is 6.92 Å². The van der Waals surface area contributed by atoms with Crippen molar-refractivity contribution in [1.29, 1.82) is 0 Å². The first kappa shape index (κ1) is 13.0. The van der Waals surface area contributed by atoms with Gasteiger partial charge in [0.05, 0.1) is 6.10 Å². The molecule has 1 rings (SSSR count). The SMILES string of the molecule is CC(O)C(C)N[C@H](C)C1CCCCCC1. The highest BCUT2D eigenvalue weighted by atomic mass is 16.3. The van der Waals surface area contributed by atoms with Gasteiger partial charge in [0.1, 0.15) is 0 Å². The third-order valence-corrected chi connectivity index (χ3v) is 3.86. The average Bonchev–Trinajstić information content (AvgIpc) is 2.45. The maximum atomic E-state index is 9.46. The van der Waals surface area contributed by atoms with E-state index < -0.39 is 0 Å². The van der Waals surface area contributed by atoms with Crippen LogP contribution in [0.25, 0.3) is 0 Å². The van der Waals surface area contributed by atoms with Crippen molar-refractivity contribution in [1.82, 2.24) is 5.32 Å². The Balaban J connectivity index is 2.33. The van der Waals surface area contributed by atoms with Crippen LogP contribution in [-0.4, -0.2) is 23.3 Å². The Kier molecular flexibility index (Phi) is 5.62. The van der Waals surface area contributed by atoms with Crippen LogP contribution in [-0.2, 0) is 0 Å². The minimum atomic E-state index is -0.252. The summed E-state index contributed by atoms with van der Waals surface area (Å²) >= 11 is 0. The molecule has 0 heterocycles. The Labute approximate surface area is 94.5 Å². The highest BCUT2D eigenvalue weighted by Gasteiger charge is 2.21. The molecular formula is C13H27NO. The summed E-state index contributed by atoms with van der Waals surface area (Å²) in [6.45, 7) is 6.20. The van der Waals surface area contributed by atoms with E-state index >= 15 is 0 Å². The maximum absolute atomic E-state index is 9.46. The van der Waals surface area contributed by atoms with Crippen molar-refractivity contribution >= 4 is 0 Å². The van der Waals surface area contributed by atoms with Crippen molar-refractivity contribution in [3.05, 3.63) is 0 Å². The molecule has 0 aromatic rings. The topological polar surface area (TPSA) is 32.3 Å². The molecule has 1 saturated carbocycles. The molecule has 0 amide bonds. The molecule has 0 radical (unpaired) electrons. The summed E-state index contributed by atoms with van der Waals surface area (Å²) < 4.78 is 0. The first-order chi connectivity index (χ1) is 7.11. The van der Waals surface area contributed by atoms with Crippen LogP contribution in [0.2, 0.25) is 0 Å². The fourth-order valence-corrected chi connectivity index (χ4v) is 2.50. The van der Waals surface area contributed by atoms with E-state index in [0.717, 1.165) is 5.92 Å². The fraction of sp³-hybridized carbons (Fsp3) is 1.00. The fourth-order valence-electron chi connectivity index (χ4n) is 2.50. The van der Waals surface area contributed by atoms with Gasteiger partial charge in [0, 0.05) is 12.1 Å². The molecule has 0 aliphatic heterocycles. The number of nitrogens with one attached hydrogen (secondary N) is 1. The van der Waals surface area contributed by atoms with Crippen molar-refractivity contribution in [3.63, 3.8) is 0 Å².